The highest BCUT2D eigenvalue weighted by molar-refractivity contribution is 7.97. The van der Waals surface area contributed by atoms with Gasteiger partial charge in [-0.1, -0.05) is 42.5 Å². The Kier molecular flexibility index (Phi) is 5.82. The standard InChI is InChI=1S/C22H24Cl2N2OS/c1-15(27)25-28-12-11-26-20-7-5-16(23)13-18(20)22(9-3-2-4-10-22)19-14-17(24)6-8-21(19)26/h5-8,13-14H,2-4,9-12H2,1H3,(H,25,27). The molecule has 0 radical (unpaired) electrons. The second-order valence-electron chi connectivity index (χ2n) is 7.62. The minimum Gasteiger partial charge on any atom is -0.340 e. The van der Waals surface area contributed by atoms with Gasteiger partial charge in [0.15, 0.2) is 0 Å². The van der Waals surface area contributed by atoms with E-state index in [0.29, 0.717) is 0 Å². The monoisotopic (exact) mass is 434 g/mol. The van der Waals surface area contributed by atoms with Crippen molar-refractivity contribution >= 4 is 52.4 Å². The average Bonchev–Trinajstić information content (AvgIpc) is 2.68. The molecule has 0 aromatic heterocycles. The Morgan fingerprint density at radius 2 is 1.61 bits per heavy atom. The topological polar surface area (TPSA) is 32.3 Å². The van der Waals surface area contributed by atoms with Crippen LogP contribution < -0.4 is 9.62 Å². The van der Waals surface area contributed by atoms with Gasteiger partial charge in [-0.2, -0.15) is 0 Å². The van der Waals surface area contributed by atoms with Crippen LogP contribution in [0, 0.1) is 0 Å². The Labute approximate surface area is 180 Å². The fourth-order valence-electron chi connectivity index (χ4n) is 4.75. The molecule has 6 heteroatoms. The zero-order valence-corrected chi connectivity index (χ0v) is 18.3. The van der Waals surface area contributed by atoms with E-state index in [4.69, 9.17) is 23.2 Å². The summed E-state index contributed by atoms with van der Waals surface area (Å²) in [4.78, 5) is 13.5. The summed E-state index contributed by atoms with van der Waals surface area (Å²) in [7, 11) is 0. The van der Waals surface area contributed by atoms with Crippen LogP contribution in [0.2, 0.25) is 10.0 Å². The van der Waals surface area contributed by atoms with Crippen molar-refractivity contribution in [2.24, 2.45) is 0 Å². The third-order valence-corrected chi connectivity index (χ3v) is 7.16. The van der Waals surface area contributed by atoms with Gasteiger partial charge in [0.1, 0.15) is 0 Å². The third-order valence-electron chi connectivity index (χ3n) is 5.87. The molecule has 2 aliphatic rings. The summed E-state index contributed by atoms with van der Waals surface area (Å²) in [6, 6.07) is 12.6. The number of hydrogen-bond donors (Lipinski definition) is 1. The molecule has 2 aromatic carbocycles. The first-order valence-corrected chi connectivity index (χ1v) is 11.5. The molecule has 1 N–H and O–H groups in total. The van der Waals surface area contributed by atoms with Gasteiger partial charge in [-0.15, -0.1) is 0 Å². The maximum atomic E-state index is 11.2. The van der Waals surface area contributed by atoms with E-state index in [0.717, 1.165) is 35.2 Å². The van der Waals surface area contributed by atoms with Crippen LogP contribution in [-0.4, -0.2) is 18.2 Å². The smallest absolute Gasteiger partial charge is 0.226 e. The molecule has 0 bridgehead atoms. The molecule has 4 rings (SSSR count). The lowest BCUT2D eigenvalue weighted by Crippen LogP contribution is -2.39. The van der Waals surface area contributed by atoms with E-state index in [1.165, 1.54) is 60.6 Å². The van der Waals surface area contributed by atoms with E-state index in [1.807, 2.05) is 12.1 Å². The molecule has 0 unspecified atom stereocenters. The molecular weight excluding hydrogens is 411 g/mol. The summed E-state index contributed by atoms with van der Waals surface area (Å²) in [5.41, 5.74) is 5.08. The molecule has 1 fully saturated rings. The quantitative estimate of drug-likeness (QED) is 0.441. The number of halogens is 2. The highest BCUT2D eigenvalue weighted by atomic mass is 35.5. The Morgan fingerprint density at radius 3 is 2.14 bits per heavy atom. The Bertz CT molecular complexity index is 841. The van der Waals surface area contributed by atoms with Gasteiger partial charge in [-0.25, -0.2) is 0 Å². The molecule has 1 aliphatic carbocycles. The zero-order valence-electron chi connectivity index (χ0n) is 15.9. The molecule has 148 valence electrons. The van der Waals surface area contributed by atoms with Crippen molar-refractivity contribution < 1.29 is 4.79 Å². The minimum atomic E-state index is -0.0239. The molecule has 28 heavy (non-hydrogen) atoms. The number of nitrogens with one attached hydrogen (secondary N) is 1. The third kappa shape index (κ3) is 3.62. The maximum Gasteiger partial charge on any atom is 0.226 e. The lowest BCUT2D eigenvalue weighted by atomic mass is 9.63. The van der Waals surface area contributed by atoms with Gasteiger partial charge in [0, 0.05) is 46.1 Å². The van der Waals surface area contributed by atoms with E-state index in [1.54, 1.807) is 0 Å². The molecule has 1 aliphatic heterocycles. The predicted molar refractivity (Wildman–Crippen MR) is 120 cm³/mol. The summed E-state index contributed by atoms with van der Waals surface area (Å²) < 4.78 is 2.82. The Hall–Kier alpha value is -1.36. The van der Waals surface area contributed by atoms with E-state index >= 15 is 0 Å². The van der Waals surface area contributed by atoms with Crippen molar-refractivity contribution in [3.05, 3.63) is 57.6 Å². The van der Waals surface area contributed by atoms with Crippen LogP contribution >= 0.6 is 35.1 Å². The first-order valence-electron chi connectivity index (χ1n) is 9.77. The predicted octanol–water partition coefficient (Wildman–Crippen LogP) is 6.48. The lowest BCUT2D eigenvalue weighted by molar-refractivity contribution is -0.117. The average molecular weight is 435 g/mol. The summed E-state index contributed by atoms with van der Waals surface area (Å²) in [6.07, 6.45) is 5.97. The molecular formula is C22H24Cl2N2OS. The van der Waals surface area contributed by atoms with Gasteiger partial charge in [-0.3, -0.25) is 4.79 Å². The van der Waals surface area contributed by atoms with Gasteiger partial charge in [0.2, 0.25) is 5.91 Å². The van der Waals surface area contributed by atoms with Crippen LogP contribution in [0.4, 0.5) is 11.4 Å². The Morgan fingerprint density at radius 1 is 1.04 bits per heavy atom. The Balaban J connectivity index is 1.80. The number of amides is 1. The molecule has 1 saturated carbocycles. The largest absolute Gasteiger partial charge is 0.340 e. The summed E-state index contributed by atoms with van der Waals surface area (Å²) >= 11 is 14.3. The first kappa shape index (κ1) is 19.9. The number of fused-ring (bicyclic) bond motifs is 4. The highest BCUT2D eigenvalue weighted by Gasteiger charge is 2.43. The zero-order chi connectivity index (χ0) is 19.7. The van der Waals surface area contributed by atoms with Crippen molar-refractivity contribution in [2.75, 3.05) is 17.2 Å². The number of carbonyl (C=O) groups excluding carboxylic acids is 1. The molecule has 1 heterocycles. The minimum absolute atomic E-state index is 0.0139. The fourth-order valence-corrected chi connectivity index (χ4v) is 5.68. The molecule has 3 nitrogen and oxygen atoms in total. The van der Waals surface area contributed by atoms with Gasteiger partial charge < -0.3 is 9.62 Å². The van der Waals surface area contributed by atoms with Crippen LogP contribution in [0.1, 0.15) is 50.2 Å². The molecule has 1 amide bonds. The SMILES string of the molecule is CC(=O)NSCCN1c2ccc(Cl)cc2C2(CCCCC2)c2cc(Cl)ccc21. The van der Waals surface area contributed by atoms with Gasteiger partial charge in [-0.05, 0) is 72.3 Å². The highest BCUT2D eigenvalue weighted by Crippen LogP contribution is 2.56. The van der Waals surface area contributed by atoms with Crippen LogP contribution in [0.5, 0.6) is 0 Å². The fraction of sp³-hybridized carbons (Fsp3) is 0.409. The molecule has 0 saturated heterocycles. The van der Waals surface area contributed by atoms with Crippen molar-refractivity contribution in [1.82, 2.24) is 4.72 Å². The van der Waals surface area contributed by atoms with E-state index in [-0.39, 0.29) is 11.3 Å². The number of benzene rings is 2. The summed E-state index contributed by atoms with van der Waals surface area (Å²) in [5, 5.41) is 1.56. The normalized spacial score (nSPS) is 17.2. The number of rotatable bonds is 4. The van der Waals surface area contributed by atoms with Crippen LogP contribution in [-0.2, 0) is 10.2 Å². The van der Waals surface area contributed by atoms with Crippen molar-refractivity contribution in [2.45, 2.75) is 44.4 Å². The van der Waals surface area contributed by atoms with Crippen molar-refractivity contribution in [3.63, 3.8) is 0 Å². The van der Waals surface area contributed by atoms with Gasteiger partial charge >= 0.3 is 0 Å². The molecule has 0 atom stereocenters. The number of anilines is 2. The van der Waals surface area contributed by atoms with Gasteiger partial charge in [0.25, 0.3) is 0 Å². The second kappa shape index (κ2) is 8.17. The number of nitrogens with zero attached hydrogens (tertiary/aromatic N) is 1. The number of hydrogen-bond acceptors (Lipinski definition) is 3. The van der Waals surface area contributed by atoms with Gasteiger partial charge in [0.05, 0.1) is 0 Å². The van der Waals surface area contributed by atoms with Crippen LogP contribution in [0.3, 0.4) is 0 Å². The van der Waals surface area contributed by atoms with Crippen LogP contribution in [0.25, 0.3) is 0 Å². The summed E-state index contributed by atoms with van der Waals surface area (Å²) in [5.74, 6) is 0.764. The second-order valence-corrected chi connectivity index (χ2v) is 9.40. The maximum absolute atomic E-state index is 11.2. The van der Waals surface area contributed by atoms with E-state index < -0.39 is 0 Å². The lowest BCUT2D eigenvalue weighted by Gasteiger charge is -2.47. The number of carbonyl (C=O) groups is 1. The summed E-state index contributed by atoms with van der Waals surface area (Å²) in [6.45, 7) is 2.33. The molecule has 1 spiro atoms. The van der Waals surface area contributed by atoms with E-state index in [9.17, 15) is 4.79 Å². The van der Waals surface area contributed by atoms with Crippen molar-refractivity contribution in [1.29, 1.82) is 0 Å². The first-order chi connectivity index (χ1) is 13.5. The van der Waals surface area contributed by atoms with Crippen LogP contribution in [0.15, 0.2) is 36.4 Å². The van der Waals surface area contributed by atoms with E-state index in [2.05, 4.69) is 33.9 Å². The van der Waals surface area contributed by atoms with Crippen molar-refractivity contribution in [3.8, 4) is 0 Å². The molecule has 2 aromatic rings.